The van der Waals surface area contributed by atoms with Crippen molar-refractivity contribution in [3.63, 3.8) is 0 Å². The zero-order valence-electron chi connectivity index (χ0n) is 19.5. The van der Waals surface area contributed by atoms with E-state index in [0.717, 1.165) is 48.7 Å². The van der Waals surface area contributed by atoms with Gasteiger partial charge in [-0.1, -0.05) is 24.8 Å². The molecule has 7 heteroatoms. The van der Waals surface area contributed by atoms with Crippen LogP contribution in [0.15, 0.2) is 85.3 Å². The first kappa shape index (κ1) is 23.8. The minimum atomic E-state index is -4.37. The van der Waals surface area contributed by atoms with E-state index in [1.54, 1.807) is 0 Å². The molecule has 0 amide bonds. The number of hydrogen-bond acceptors (Lipinski definition) is 3. The second-order valence-corrected chi connectivity index (χ2v) is 8.61. The Kier molecular flexibility index (Phi) is 6.93. The maximum absolute atomic E-state index is 12.8. The van der Waals surface area contributed by atoms with Crippen molar-refractivity contribution in [2.45, 2.75) is 26.1 Å². The summed E-state index contributed by atoms with van der Waals surface area (Å²) in [6.45, 7) is 11.5. The number of allylic oxidation sites excluding steroid dienone is 1. The first-order chi connectivity index (χ1) is 16.3. The Balaban J connectivity index is 1.37. The third-order valence-electron chi connectivity index (χ3n) is 6.33. The molecule has 34 heavy (non-hydrogen) atoms. The monoisotopic (exact) mass is 466 g/mol. The van der Waals surface area contributed by atoms with Gasteiger partial charge in [0, 0.05) is 56.5 Å². The van der Waals surface area contributed by atoms with Gasteiger partial charge in [-0.25, -0.2) is 4.98 Å². The van der Waals surface area contributed by atoms with Gasteiger partial charge in [-0.3, -0.25) is 4.90 Å². The molecule has 0 saturated carbocycles. The quantitative estimate of drug-likeness (QED) is 0.413. The Bertz CT molecular complexity index is 1130. The highest BCUT2D eigenvalue weighted by Gasteiger charge is 2.31. The van der Waals surface area contributed by atoms with Gasteiger partial charge in [-0.2, -0.15) is 13.2 Å². The van der Waals surface area contributed by atoms with E-state index in [-0.39, 0.29) is 6.04 Å². The number of piperazine rings is 1. The van der Waals surface area contributed by atoms with Crippen LogP contribution < -0.4 is 4.90 Å². The maximum Gasteiger partial charge on any atom is 0.417 e. The predicted molar refractivity (Wildman–Crippen MR) is 131 cm³/mol. The van der Waals surface area contributed by atoms with Crippen LogP contribution >= 0.6 is 0 Å². The average molecular weight is 467 g/mol. The molecule has 0 bridgehead atoms. The number of anilines is 1. The van der Waals surface area contributed by atoms with Crippen LogP contribution in [-0.2, 0) is 6.18 Å². The molecular weight excluding hydrogens is 437 g/mol. The van der Waals surface area contributed by atoms with Gasteiger partial charge in [0.15, 0.2) is 0 Å². The van der Waals surface area contributed by atoms with Crippen molar-refractivity contribution in [2.75, 3.05) is 31.1 Å². The number of aromatic nitrogens is 2. The van der Waals surface area contributed by atoms with Crippen LogP contribution in [0.4, 0.5) is 19.0 Å². The van der Waals surface area contributed by atoms with E-state index >= 15 is 0 Å². The van der Waals surface area contributed by atoms with E-state index in [4.69, 9.17) is 0 Å². The summed E-state index contributed by atoms with van der Waals surface area (Å²) in [5.74, 6) is 0.582. The SMILES string of the molecule is C=C(/C(=C\C)CN1CCN(c2ccc(C(F)(F)F)cn2)[C@H](C)C1)c1ccc(-n2cccc2)cc1. The van der Waals surface area contributed by atoms with E-state index in [1.165, 1.54) is 11.6 Å². The molecule has 178 valence electrons. The molecule has 0 radical (unpaired) electrons. The lowest BCUT2D eigenvalue weighted by atomic mass is 9.98. The van der Waals surface area contributed by atoms with Crippen molar-refractivity contribution in [3.8, 4) is 5.69 Å². The summed E-state index contributed by atoms with van der Waals surface area (Å²) >= 11 is 0. The highest BCUT2D eigenvalue weighted by Crippen LogP contribution is 2.30. The molecule has 1 aliphatic rings. The van der Waals surface area contributed by atoms with Gasteiger partial charge >= 0.3 is 6.18 Å². The molecule has 3 aromatic rings. The van der Waals surface area contributed by atoms with E-state index < -0.39 is 11.7 Å². The summed E-state index contributed by atoms with van der Waals surface area (Å²) in [5.41, 5.74) is 3.64. The lowest BCUT2D eigenvalue weighted by Crippen LogP contribution is -2.52. The van der Waals surface area contributed by atoms with Gasteiger partial charge in [0.1, 0.15) is 5.82 Å². The Morgan fingerprint density at radius 1 is 1.09 bits per heavy atom. The molecule has 0 spiro atoms. The maximum atomic E-state index is 12.8. The number of rotatable bonds is 6. The standard InChI is InChI=1S/C27H29F3N4/c1-4-22(21(3)23-7-10-25(11-8-23)33-13-5-6-14-33)19-32-15-16-34(20(2)18-32)26-12-9-24(17-31-26)27(28,29)30/h4-14,17,20H,3,15-16,18-19H2,1-2H3/b22-4-/t20-/m1/s1. The van der Waals surface area contributed by atoms with Gasteiger partial charge in [0.25, 0.3) is 0 Å². The largest absolute Gasteiger partial charge is 0.417 e. The molecule has 0 N–H and O–H groups in total. The molecule has 4 nitrogen and oxygen atoms in total. The minimum Gasteiger partial charge on any atom is -0.351 e. The molecule has 0 aliphatic carbocycles. The van der Waals surface area contributed by atoms with Crippen LogP contribution in [0.25, 0.3) is 11.3 Å². The van der Waals surface area contributed by atoms with Crippen molar-refractivity contribution < 1.29 is 13.2 Å². The Morgan fingerprint density at radius 2 is 1.79 bits per heavy atom. The van der Waals surface area contributed by atoms with Crippen molar-refractivity contribution >= 4 is 11.4 Å². The molecule has 2 aromatic heterocycles. The molecule has 1 saturated heterocycles. The topological polar surface area (TPSA) is 24.3 Å². The molecule has 1 fully saturated rings. The van der Waals surface area contributed by atoms with Crippen LogP contribution in [0.5, 0.6) is 0 Å². The predicted octanol–water partition coefficient (Wildman–Crippen LogP) is 6.06. The third-order valence-corrected chi connectivity index (χ3v) is 6.33. The number of pyridine rings is 1. The van der Waals surface area contributed by atoms with Crippen LogP contribution in [0.2, 0.25) is 0 Å². The van der Waals surface area contributed by atoms with Crippen LogP contribution in [-0.4, -0.2) is 46.7 Å². The average Bonchev–Trinajstić information content (AvgIpc) is 3.37. The van der Waals surface area contributed by atoms with Crippen molar-refractivity contribution in [3.05, 3.63) is 96.5 Å². The van der Waals surface area contributed by atoms with Crippen LogP contribution in [0.3, 0.4) is 0 Å². The lowest BCUT2D eigenvalue weighted by Gasteiger charge is -2.41. The molecule has 1 atom stereocenters. The summed E-state index contributed by atoms with van der Waals surface area (Å²) in [7, 11) is 0. The summed E-state index contributed by atoms with van der Waals surface area (Å²) < 4.78 is 40.6. The van der Waals surface area contributed by atoms with Gasteiger partial charge in [0.2, 0.25) is 0 Å². The van der Waals surface area contributed by atoms with Crippen molar-refractivity contribution in [2.24, 2.45) is 0 Å². The fourth-order valence-electron chi connectivity index (χ4n) is 4.37. The summed E-state index contributed by atoms with van der Waals surface area (Å²) in [6, 6.07) is 15.1. The Hall–Kier alpha value is -3.32. The normalized spacial score (nSPS) is 17.7. The zero-order valence-corrected chi connectivity index (χ0v) is 19.5. The molecule has 1 aromatic carbocycles. The van der Waals surface area contributed by atoms with Gasteiger partial charge in [-0.15, -0.1) is 0 Å². The second kappa shape index (κ2) is 9.89. The van der Waals surface area contributed by atoms with E-state index in [0.29, 0.717) is 12.4 Å². The Labute approximate surface area is 198 Å². The fraction of sp³-hybridized carbons (Fsp3) is 0.296. The van der Waals surface area contributed by atoms with Gasteiger partial charge in [0.05, 0.1) is 5.56 Å². The smallest absolute Gasteiger partial charge is 0.351 e. The molecule has 0 unspecified atom stereocenters. The van der Waals surface area contributed by atoms with Gasteiger partial charge in [-0.05, 0) is 67.0 Å². The van der Waals surface area contributed by atoms with E-state index in [9.17, 15) is 13.2 Å². The summed E-state index contributed by atoms with van der Waals surface area (Å²) in [5, 5.41) is 0. The molecule has 1 aliphatic heterocycles. The number of benzene rings is 1. The summed E-state index contributed by atoms with van der Waals surface area (Å²) in [6.07, 6.45) is 2.68. The fourth-order valence-corrected chi connectivity index (χ4v) is 4.37. The van der Waals surface area contributed by atoms with E-state index in [1.807, 2.05) is 31.5 Å². The number of nitrogens with zero attached hydrogens (tertiary/aromatic N) is 4. The highest BCUT2D eigenvalue weighted by atomic mass is 19.4. The van der Waals surface area contributed by atoms with E-state index in [2.05, 4.69) is 63.2 Å². The van der Waals surface area contributed by atoms with Crippen LogP contribution in [0, 0.1) is 0 Å². The lowest BCUT2D eigenvalue weighted by molar-refractivity contribution is -0.137. The first-order valence-corrected chi connectivity index (χ1v) is 11.4. The second-order valence-electron chi connectivity index (χ2n) is 8.61. The molecule has 4 rings (SSSR count). The molecular formula is C27H29F3N4. The summed E-state index contributed by atoms with van der Waals surface area (Å²) in [4.78, 5) is 8.51. The molecule has 3 heterocycles. The third kappa shape index (κ3) is 5.25. The Morgan fingerprint density at radius 3 is 2.35 bits per heavy atom. The number of halogens is 3. The number of alkyl halides is 3. The zero-order chi connectivity index (χ0) is 24.3. The minimum absolute atomic E-state index is 0.130. The highest BCUT2D eigenvalue weighted by molar-refractivity contribution is 5.78. The number of hydrogen-bond donors (Lipinski definition) is 0. The van der Waals surface area contributed by atoms with Crippen molar-refractivity contribution in [1.82, 2.24) is 14.5 Å². The van der Waals surface area contributed by atoms with Gasteiger partial charge < -0.3 is 9.47 Å². The van der Waals surface area contributed by atoms with Crippen LogP contribution in [0.1, 0.15) is 25.0 Å². The first-order valence-electron chi connectivity index (χ1n) is 11.4. The van der Waals surface area contributed by atoms with Crippen molar-refractivity contribution in [1.29, 1.82) is 0 Å².